The molecule has 2 atom stereocenters. The van der Waals surface area contributed by atoms with Crippen molar-refractivity contribution in [2.45, 2.75) is 20.5 Å². The summed E-state index contributed by atoms with van der Waals surface area (Å²) in [5, 5.41) is 12.9. The van der Waals surface area contributed by atoms with E-state index in [4.69, 9.17) is 9.26 Å². The Morgan fingerprint density at radius 2 is 2.20 bits per heavy atom. The zero-order chi connectivity index (χ0) is 18.0. The highest BCUT2D eigenvalue weighted by atomic mass is 16.5. The van der Waals surface area contributed by atoms with Crippen LogP contribution in [0.3, 0.4) is 0 Å². The van der Waals surface area contributed by atoms with Gasteiger partial charge >= 0.3 is 5.97 Å². The van der Waals surface area contributed by atoms with Crippen molar-refractivity contribution in [3.63, 3.8) is 0 Å². The Morgan fingerprint density at radius 1 is 1.40 bits per heavy atom. The summed E-state index contributed by atoms with van der Waals surface area (Å²) < 4.78 is 10.5. The zero-order valence-electron chi connectivity index (χ0n) is 14.0. The van der Waals surface area contributed by atoms with E-state index in [0.29, 0.717) is 29.6 Å². The Kier molecular flexibility index (Phi) is 4.69. The van der Waals surface area contributed by atoms with E-state index in [9.17, 15) is 14.7 Å². The number of aromatic nitrogens is 2. The Bertz CT molecular complexity index is 788. The van der Waals surface area contributed by atoms with Crippen LogP contribution in [0.1, 0.15) is 29.0 Å². The van der Waals surface area contributed by atoms with Crippen LogP contribution in [0.5, 0.6) is 5.75 Å². The van der Waals surface area contributed by atoms with Crippen LogP contribution >= 0.6 is 0 Å². The highest BCUT2D eigenvalue weighted by Crippen LogP contribution is 2.25. The number of aliphatic carboxylic acids is 1. The molecule has 2 aromatic rings. The number of hydrogen-bond donors (Lipinski definition) is 1. The van der Waals surface area contributed by atoms with Gasteiger partial charge in [-0.15, -0.1) is 0 Å². The molecule has 25 heavy (non-hydrogen) atoms. The fraction of sp³-hybridized carbons (Fsp3) is 0.412. The molecule has 1 aliphatic heterocycles. The van der Waals surface area contributed by atoms with E-state index in [1.165, 1.54) is 0 Å². The Labute approximate surface area is 144 Å². The van der Waals surface area contributed by atoms with Gasteiger partial charge in [0.1, 0.15) is 5.75 Å². The van der Waals surface area contributed by atoms with Crippen molar-refractivity contribution < 1.29 is 24.0 Å². The van der Waals surface area contributed by atoms with E-state index in [0.717, 1.165) is 0 Å². The number of hydrogen-bond acceptors (Lipinski definition) is 6. The van der Waals surface area contributed by atoms with E-state index in [-0.39, 0.29) is 25.0 Å². The number of rotatable bonds is 5. The van der Waals surface area contributed by atoms with Crippen molar-refractivity contribution in [2.24, 2.45) is 11.8 Å². The third kappa shape index (κ3) is 3.78. The molecule has 1 saturated heterocycles. The van der Waals surface area contributed by atoms with Gasteiger partial charge in [0.15, 0.2) is 6.61 Å². The van der Waals surface area contributed by atoms with E-state index in [1.54, 1.807) is 36.1 Å². The number of carboxylic acids is 1. The minimum absolute atomic E-state index is 0.0673. The van der Waals surface area contributed by atoms with Crippen LogP contribution in [0.4, 0.5) is 0 Å². The molecular weight excluding hydrogens is 326 g/mol. The van der Waals surface area contributed by atoms with Gasteiger partial charge in [0.25, 0.3) is 5.91 Å². The molecule has 0 unspecified atom stereocenters. The molecule has 2 heterocycles. The van der Waals surface area contributed by atoms with Gasteiger partial charge in [-0.25, -0.2) is 0 Å². The van der Waals surface area contributed by atoms with Crippen molar-refractivity contribution in [3.05, 3.63) is 41.5 Å². The molecule has 0 spiro atoms. The second-order valence-corrected chi connectivity index (χ2v) is 6.18. The summed E-state index contributed by atoms with van der Waals surface area (Å²) in [6, 6.07) is 6.77. The number of amides is 1. The number of carbonyl (C=O) groups excluding carboxylic acids is 1. The number of likely N-dealkylation sites (tertiary alicyclic amines) is 1. The lowest BCUT2D eigenvalue weighted by Crippen LogP contribution is -2.29. The standard InChI is InChI=1S/C17H19N3O5/c1-10-7-20(8-14(10)17(22)23)16(21)12-4-3-5-13(6-12)24-9-15-18-11(2)25-19-15/h3-6,10,14H,7-9H2,1-2H3,(H,22,23)/t10-,14-/m1/s1. The largest absolute Gasteiger partial charge is 0.485 e. The topological polar surface area (TPSA) is 106 Å². The maximum Gasteiger partial charge on any atom is 0.308 e. The summed E-state index contributed by atoms with van der Waals surface area (Å²) in [5.41, 5.74) is 0.458. The minimum atomic E-state index is -0.865. The van der Waals surface area contributed by atoms with Crippen molar-refractivity contribution in [2.75, 3.05) is 13.1 Å². The monoisotopic (exact) mass is 345 g/mol. The Balaban J connectivity index is 1.66. The van der Waals surface area contributed by atoms with Gasteiger partial charge in [0, 0.05) is 25.6 Å². The van der Waals surface area contributed by atoms with Gasteiger partial charge < -0.3 is 19.3 Å². The molecule has 1 N–H and O–H groups in total. The van der Waals surface area contributed by atoms with Gasteiger partial charge in [-0.05, 0) is 24.1 Å². The quantitative estimate of drug-likeness (QED) is 0.880. The summed E-state index contributed by atoms with van der Waals surface area (Å²) in [5.74, 6) is -0.264. The summed E-state index contributed by atoms with van der Waals surface area (Å²) in [6.07, 6.45) is 0. The maximum atomic E-state index is 12.6. The normalized spacial score (nSPS) is 19.8. The first kappa shape index (κ1) is 16.9. The van der Waals surface area contributed by atoms with Crippen LogP contribution in [0.2, 0.25) is 0 Å². The molecule has 8 heteroatoms. The van der Waals surface area contributed by atoms with Crippen molar-refractivity contribution in [1.82, 2.24) is 15.0 Å². The smallest absolute Gasteiger partial charge is 0.308 e. The van der Waals surface area contributed by atoms with Crippen molar-refractivity contribution in [3.8, 4) is 5.75 Å². The van der Waals surface area contributed by atoms with E-state index >= 15 is 0 Å². The lowest BCUT2D eigenvalue weighted by atomic mass is 9.99. The minimum Gasteiger partial charge on any atom is -0.485 e. The van der Waals surface area contributed by atoms with Crippen LogP contribution in [0, 0.1) is 18.8 Å². The number of nitrogens with zero attached hydrogens (tertiary/aromatic N) is 3. The third-order valence-corrected chi connectivity index (χ3v) is 4.24. The number of benzene rings is 1. The van der Waals surface area contributed by atoms with Gasteiger partial charge in [-0.2, -0.15) is 4.98 Å². The first-order valence-corrected chi connectivity index (χ1v) is 7.98. The molecule has 1 aromatic heterocycles. The molecule has 0 saturated carbocycles. The predicted octanol–water partition coefficient (Wildman–Crippen LogP) is 1.75. The van der Waals surface area contributed by atoms with Crippen LogP contribution < -0.4 is 4.74 Å². The fourth-order valence-corrected chi connectivity index (χ4v) is 2.90. The summed E-state index contributed by atoms with van der Waals surface area (Å²) in [7, 11) is 0. The van der Waals surface area contributed by atoms with Gasteiger partial charge in [0.2, 0.25) is 11.7 Å². The molecule has 1 aliphatic rings. The Hall–Kier alpha value is -2.90. The second kappa shape index (κ2) is 6.92. The van der Waals surface area contributed by atoms with E-state index < -0.39 is 11.9 Å². The van der Waals surface area contributed by atoms with Gasteiger partial charge in [-0.3, -0.25) is 9.59 Å². The van der Waals surface area contributed by atoms with E-state index in [1.807, 2.05) is 6.92 Å². The SMILES string of the molecule is Cc1nc(COc2cccc(C(=O)N3C[C@@H](C)[C@H](C(=O)O)C3)c2)no1. The lowest BCUT2D eigenvalue weighted by Gasteiger charge is -2.16. The van der Waals surface area contributed by atoms with Crippen LogP contribution in [0.25, 0.3) is 0 Å². The highest BCUT2D eigenvalue weighted by Gasteiger charge is 2.37. The average Bonchev–Trinajstić information content (AvgIpc) is 3.18. The number of carbonyl (C=O) groups is 2. The summed E-state index contributed by atoms with van der Waals surface area (Å²) >= 11 is 0. The zero-order valence-corrected chi connectivity index (χ0v) is 14.0. The lowest BCUT2D eigenvalue weighted by molar-refractivity contribution is -0.142. The molecule has 3 rings (SSSR count). The molecule has 8 nitrogen and oxygen atoms in total. The number of aryl methyl sites for hydroxylation is 1. The fourth-order valence-electron chi connectivity index (χ4n) is 2.90. The molecular formula is C17H19N3O5. The molecule has 1 aromatic carbocycles. The van der Waals surface area contributed by atoms with Gasteiger partial charge in [-0.1, -0.05) is 18.1 Å². The molecule has 0 radical (unpaired) electrons. The Morgan fingerprint density at radius 3 is 2.84 bits per heavy atom. The summed E-state index contributed by atoms with van der Waals surface area (Å²) in [6.45, 7) is 4.33. The maximum absolute atomic E-state index is 12.6. The third-order valence-electron chi connectivity index (χ3n) is 4.24. The molecule has 0 bridgehead atoms. The van der Waals surface area contributed by atoms with Crippen LogP contribution in [-0.4, -0.2) is 45.1 Å². The molecule has 132 valence electrons. The number of ether oxygens (including phenoxy) is 1. The summed E-state index contributed by atoms with van der Waals surface area (Å²) in [4.78, 5) is 29.5. The molecule has 1 amide bonds. The second-order valence-electron chi connectivity index (χ2n) is 6.18. The first-order chi connectivity index (χ1) is 11.9. The molecule has 1 fully saturated rings. The first-order valence-electron chi connectivity index (χ1n) is 7.98. The average molecular weight is 345 g/mol. The number of carboxylic acid groups (broad SMARTS) is 1. The van der Waals surface area contributed by atoms with Gasteiger partial charge in [0.05, 0.1) is 5.92 Å². The van der Waals surface area contributed by atoms with Crippen molar-refractivity contribution in [1.29, 1.82) is 0 Å². The predicted molar refractivity (Wildman–Crippen MR) is 86.0 cm³/mol. The van der Waals surface area contributed by atoms with Crippen molar-refractivity contribution >= 4 is 11.9 Å². The highest BCUT2D eigenvalue weighted by molar-refractivity contribution is 5.95. The van der Waals surface area contributed by atoms with Crippen LogP contribution in [-0.2, 0) is 11.4 Å². The molecule has 0 aliphatic carbocycles. The van der Waals surface area contributed by atoms with E-state index in [2.05, 4.69) is 10.1 Å². The van der Waals surface area contributed by atoms with Crippen LogP contribution in [0.15, 0.2) is 28.8 Å².